The second-order valence-corrected chi connectivity index (χ2v) is 8.05. The molecule has 0 atom stereocenters. The fourth-order valence-electron chi connectivity index (χ4n) is 4.12. The van der Waals surface area contributed by atoms with E-state index in [9.17, 15) is 9.90 Å². The Balaban J connectivity index is 1.46. The number of carbonyl (C=O) groups is 1. The van der Waals surface area contributed by atoms with Gasteiger partial charge in [0.15, 0.2) is 0 Å². The van der Waals surface area contributed by atoms with E-state index in [1.165, 1.54) is 0 Å². The lowest BCUT2D eigenvalue weighted by Crippen LogP contribution is -2.49. The van der Waals surface area contributed by atoms with Gasteiger partial charge in [-0.1, -0.05) is 12.1 Å². The van der Waals surface area contributed by atoms with Gasteiger partial charge in [0.1, 0.15) is 5.75 Å². The third-order valence-corrected chi connectivity index (χ3v) is 5.78. The first-order valence-corrected chi connectivity index (χ1v) is 10.5. The second-order valence-electron chi connectivity index (χ2n) is 8.05. The molecule has 3 heterocycles. The van der Waals surface area contributed by atoms with Crippen LogP contribution < -0.4 is 4.90 Å². The van der Waals surface area contributed by atoms with Crippen molar-refractivity contribution in [3.05, 3.63) is 58.7 Å². The SMILES string of the molecule is Cc1cc(C)nc(-n2nc(C)c(CC(=O)N3CCN(c4ccccc4O)CC3)c2C)n1. The summed E-state index contributed by atoms with van der Waals surface area (Å²) < 4.78 is 1.73. The van der Waals surface area contributed by atoms with Crippen LogP contribution in [-0.2, 0) is 11.2 Å². The average molecular weight is 421 g/mol. The third kappa shape index (κ3) is 4.23. The first-order chi connectivity index (χ1) is 14.8. The summed E-state index contributed by atoms with van der Waals surface area (Å²) in [5.74, 6) is 0.895. The molecule has 2 aromatic heterocycles. The number of rotatable bonds is 4. The highest BCUT2D eigenvalue weighted by Crippen LogP contribution is 2.27. The molecule has 4 rings (SSSR count). The molecule has 1 N–H and O–H groups in total. The Morgan fingerprint density at radius 1 is 1.00 bits per heavy atom. The van der Waals surface area contributed by atoms with E-state index in [0.29, 0.717) is 38.5 Å². The van der Waals surface area contributed by atoms with Crippen LogP contribution in [0.25, 0.3) is 5.95 Å². The lowest BCUT2D eigenvalue weighted by Gasteiger charge is -2.36. The summed E-state index contributed by atoms with van der Waals surface area (Å²) in [7, 11) is 0. The van der Waals surface area contributed by atoms with E-state index in [4.69, 9.17) is 0 Å². The number of carbonyl (C=O) groups excluding carboxylic acids is 1. The van der Waals surface area contributed by atoms with Crippen LogP contribution >= 0.6 is 0 Å². The van der Waals surface area contributed by atoms with Gasteiger partial charge in [-0.05, 0) is 45.9 Å². The Labute approximate surface area is 182 Å². The molecule has 1 aromatic carbocycles. The van der Waals surface area contributed by atoms with E-state index < -0.39 is 0 Å². The van der Waals surface area contributed by atoms with E-state index in [1.807, 2.05) is 56.9 Å². The predicted octanol–water partition coefficient (Wildman–Crippen LogP) is 2.49. The number of piperazine rings is 1. The standard InChI is InChI=1S/C23H28N6O2/c1-15-13-16(2)25-23(24-15)29-18(4)19(17(3)26-29)14-22(31)28-11-9-27(10-12-28)20-7-5-6-8-21(20)30/h5-8,13,30H,9-12,14H2,1-4H3. The van der Waals surface area contributed by atoms with E-state index in [0.717, 1.165) is 34.0 Å². The van der Waals surface area contributed by atoms with Crippen LogP contribution in [0, 0.1) is 27.7 Å². The number of hydrogen-bond acceptors (Lipinski definition) is 6. The van der Waals surface area contributed by atoms with Crippen molar-refractivity contribution in [2.24, 2.45) is 0 Å². The Morgan fingerprint density at radius 3 is 2.29 bits per heavy atom. The van der Waals surface area contributed by atoms with Gasteiger partial charge in [-0.3, -0.25) is 4.79 Å². The maximum absolute atomic E-state index is 13.0. The molecule has 31 heavy (non-hydrogen) atoms. The minimum absolute atomic E-state index is 0.0871. The number of anilines is 1. The van der Waals surface area contributed by atoms with Crippen molar-refractivity contribution in [1.29, 1.82) is 0 Å². The molecule has 0 saturated carbocycles. The molecule has 0 bridgehead atoms. The van der Waals surface area contributed by atoms with Crippen molar-refractivity contribution in [2.75, 3.05) is 31.1 Å². The van der Waals surface area contributed by atoms with Crippen molar-refractivity contribution in [3.63, 3.8) is 0 Å². The number of phenolic OH excluding ortho intramolecular Hbond substituents is 1. The van der Waals surface area contributed by atoms with Crippen LogP contribution in [0.15, 0.2) is 30.3 Å². The molecular formula is C23H28N6O2. The highest BCUT2D eigenvalue weighted by atomic mass is 16.3. The fraction of sp³-hybridized carbons (Fsp3) is 0.391. The molecule has 1 aliphatic rings. The molecule has 3 aromatic rings. The molecule has 0 radical (unpaired) electrons. The van der Waals surface area contributed by atoms with Gasteiger partial charge in [0.05, 0.1) is 17.8 Å². The van der Waals surface area contributed by atoms with Gasteiger partial charge in [-0.15, -0.1) is 0 Å². The highest BCUT2D eigenvalue weighted by Gasteiger charge is 2.25. The van der Waals surface area contributed by atoms with E-state index in [2.05, 4.69) is 20.0 Å². The summed E-state index contributed by atoms with van der Waals surface area (Å²) >= 11 is 0. The smallest absolute Gasteiger partial charge is 0.251 e. The summed E-state index contributed by atoms with van der Waals surface area (Å²) in [6.07, 6.45) is 0.305. The van der Waals surface area contributed by atoms with Crippen LogP contribution in [0.3, 0.4) is 0 Å². The predicted molar refractivity (Wildman–Crippen MR) is 119 cm³/mol. The molecule has 0 spiro atoms. The van der Waals surface area contributed by atoms with Crippen molar-refractivity contribution in [1.82, 2.24) is 24.6 Å². The third-order valence-electron chi connectivity index (χ3n) is 5.78. The topological polar surface area (TPSA) is 87.4 Å². The normalized spacial score (nSPS) is 14.2. The summed E-state index contributed by atoms with van der Waals surface area (Å²) in [5.41, 5.74) is 5.22. The first-order valence-electron chi connectivity index (χ1n) is 10.5. The van der Waals surface area contributed by atoms with Crippen LogP contribution in [0.1, 0.15) is 28.3 Å². The van der Waals surface area contributed by atoms with Crippen LogP contribution in [0.5, 0.6) is 5.75 Å². The lowest BCUT2D eigenvalue weighted by molar-refractivity contribution is -0.130. The summed E-state index contributed by atoms with van der Waals surface area (Å²) in [6.45, 7) is 10.4. The van der Waals surface area contributed by atoms with Gasteiger partial charge in [0.25, 0.3) is 5.95 Å². The number of aromatic nitrogens is 4. The minimum atomic E-state index is 0.0871. The van der Waals surface area contributed by atoms with Crippen molar-refractivity contribution in [2.45, 2.75) is 34.1 Å². The summed E-state index contributed by atoms with van der Waals surface area (Å²) in [6, 6.07) is 9.24. The maximum atomic E-state index is 13.0. The van der Waals surface area contributed by atoms with Gasteiger partial charge in [0, 0.05) is 48.8 Å². The molecule has 0 aliphatic carbocycles. The van der Waals surface area contributed by atoms with Crippen LogP contribution in [0.2, 0.25) is 0 Å². The fourth-order valence-corrected chi connectivity index (χ4v) is 4.12. The van der Waals surface area contributed by atoms with Gasteiger partial charge < -0.3 is 14.9 Å². The molecule has 1 amide bonds. The molecule has 1 fully saturated rings. The van der Waals surface area contributed by atoms with Crippen LogP contribution in [0.4, 0.5) is 5.69 Å². The van der Waals surface area contributed by atoms with Crippen molar-refractivity contribution in [3.8, 4) is 11.7 Å². The number of aryl methyl sites for hydroxylation is 3. The highest BCUT2D eigenvalue weighted by molar-refractivity contribution is 5.79. The molecule has 162 valence electrons. The Morgan fingerprint density at radius 2 is 1.65 bits per heavy atom. The largest absolute Gasteiger partial charge is 0.506 e. The van der Waals surface area contributed by atoms with E-state index in [-0.39, 0.29) is 11.7 Å². The van der Waals surface area contributed by atoms with Crippen molar-refractivity contribution >= 4 is 11.6 Å². The number of amides is 1. The summed E-state index contributed by atoms with van der Waals surface area (Å²) in [5, 5.41) is 14.7. The number of aromatic hydroxyl groups is 1. The monoisotopic (exact) mass is 420 g/mol. The van der Waals surface area contributed by atoms with E-state index in [1.54, 1.807) is 10.7 Å². The van der Waals surface area contributed by atoms with Gasteiger partial charge in [0.2, 0.25) is 5.91 Å². The van der Waals surface area contributed by atoms with Gasteiger partial charge >= 0.3 is 0 Å². The number of phenols is 1. The van der Waals surface area contributed by atoms with Gasteiger partial charge in [-0.25, -0.2) is 14.6 Å². The Hall–Kier alpha value is -3.42. The molecule has 1 aliphatic heterocycles. The zero-order chi connectivity index (χ0) is 22.1. The number of para-hydroxylation sites is 2. The lowest BCUT2D eigenvalue weighted by atomic mass is 10.1. The Kier molecular flexibility index (Phi) is 5.63. The molecule has 8 nitrogen and oxygen atoms in total. The van der Waals surface area contributed by atoms with Crippen molar-refractivity contribution < 1.29 is 9.90 Å². The quantitative estimate of drug-likeness (QED) is 0.698. The number of hydrogen-bond donors (Lipinski definition) is 1. The second kappa shape index (κ2) is 8.37. The summed E-state index contributed by atoms with van der Waals surface area (Å²) in [4.78, 5) is 26.0. The molecule has 1 saturated heterocycles. The first kappa shape index (κ1) is 20.8. The number of benzene rings is 1. The molecule has 0 unspecified atom stereocenters. The zero-order valence-electron chi connectivity index (χ0n) is 18.5. The average Bonchev–Trinajstić information content (AvgIpc) is 3.02. The zero-order valence-corrected chi connectivity index (χ0v) is 18.5. The minimum Gasteiger partial charge on any atom is -0.506 e. The van der Waals surface area contributed by atoms with E-state index >= 15 is 0 Å². The Bertz CT molecular complexity index is 1090. The van der Waals surface area contributed by atoms with Crippen LogP contribution in [-0.4, -0.2) is 61.8 Å². The molecular weight excluding hydrogens is 392 g/mol. The van der Waals surface area contributed by atoms with Gasteiger partial charge in [-0.2, -0.15) is 5.10 Å². The maximum Gasteiger partial charge on any atom is 0.251 e. The molecule has 8 heteroatoms. The number of nitrogens with zero attached hydrogens (tertiary/aromatic N) is 6.